The number of rotatable bonds is 4. The normalized spacial score (nSPS) is 13.7. The van der Waals surface area contributed by atoms with E-state index in [1.165, 1.54) is 11.3 Å². The van der Waals surface area contributed by atoms with Gasteiger partial charge < -0.3 is 10.1 Å². The number of carbonyl (C=O) groups is 2. The standard InChI is InChI=1S/C18H19N5O4S2/c1-3-27-18(26)12-16(29-22-21-12)20-14(24)13-9(2)11-15(28-13)19-10-7-5-4-6-8-23(10)17(11)25/h3-8H2,1-2H3,(H,20,24). The van der Waals surface area contributed by atoms with Crippen molar-refractivity contribution in [3.8, 4) is 0 Å². The lowest BCUT2D eigenvalue weighted by Crippen LogP contribution is -2.24. The molecule has 0 aliphatic carbocycles. The molecule has 29 heavy (non-hydrogen) atoms. The minimum absolute atomic E-state index is 0.0335. The van der Waals surface area contributed by atoms with Gasteiger partial charge in [-0.05, 0) is 32.3 Å². The summed E-state index contributed by atoms with van der Waals surface area (Å²) >= 11 is 2.08. The van der Waals surface area contributed by atoms with Crippen LogP contribution in [0.5, 0.6) is 0 Å². The molecule has 152 valence electrons. The van der Waals surface area contributed by atoms with Gasteiger partial charge in [-0.15, -0.1) is 16.4 Å². The SMILES string of the molecule is CCOC(=O)c1nnsc1NC(=O)c1sc2nc3n(c(=O)c2c1C)CCCCC3. The molecule has 4 rings (SSSR count). The Morgan fingerprint density at radius 1 is 1.28 bits per heavy atom. The molecule has 0 atom stereocenters. The second-order valence-corrected chi connectivity index (χ2v) is 8.41. The first kappa shape index (κ1) is 19.6. The molecule has 0 fully saturated rings. The number of ether oxygens (including phenoxy) is 1. The highest BCUT2D eigenvalue weighted by Crippen LogP contribution is 2.30. The number of hydrogen-bond acceptors (Lipinski definition) is 9. The summed E-state index contributed by atoms with van der Waals surface area (Å²) < 4.78 is 10.4. The Kier molecular flexibility index (Phi) is 5.41. The van der Waals surface area contributed by atoms with Crippen LogP contribution < -0.4 is 10.9 Å². The largest absolute Gasteiger partial charge is 0.461 e. The van der Waals surface area contributed by atoms with Gasteiger partial charge in [-0.25, -0.2) is 9.78 Å². The smallest absolute Gasteiger partial charge is 0.362 e. The van der Waals surface area contributed by atoms with E-state index in [-0.39, 0.29) is 22.9 Å². The zero-order valence-corrected chi connectivity index (χ0v) is 17.6. The minimum Gasteiger partial charge on any atom is -0.461 e. The fourth-order valence-electron chi connectivity index (χ4n) is 3.39. The predicted octanol–water partition coefficient (Wildman–Crippen LogP) is 2.77. The van der Waals surface area contributed by atoms with Crippen LogP contribution in [0.3, 0.4) is 0 Å². The van der Waals surface area contributed by atoms with Gasteiger partial charge in [0, 0.05) is 24.5 Å². The monoisotopic (exact) mass is 433 g/mol. The van der Waals surface area contributed by atoms with Crippen LogP contribution >= 0.6 is 22.9 Å². The molecular weight excluding hydrogens is 414 g/mol. The van der Waals surface area contributed by atoms with Crippen LogP contribution in [-0.4, -0.2) is 37.6 Å². The summed E-state index contributed by atoms with van der Waals surface area (Å²) in [7, 11) is 0. The maximum Gasteiger partial charge on any atom is 0.362 e. The van der Waals surface area contributed by atoms with Crippen molar-refractivity contribution in [3.05, 3.63) is 32.3 Å². The highest BCUT2D eigenvalue weighted by atomic mass is 32.1. The molecular formula is C18H19N5O4S2. The fraction of sp³-hybridized carbons (Fsp3) is 0.444. The minimum atomic E-state index is -0.645. The first-order valence-corrected chi connectivity index (χ1v) is 10.9. The third-order valence-electron chi connectivity index (χ3n) is 4.80. The van der Waals surface area contributed by atoms with Crippen LogP contribution in [0.4, 0.5) is 5.00 Å². The van der Waals surface area contributed by atoms with E-state index in [1.54, 1.807) is 18.4 Å². The number of nitrogens with one attached hydrogen (secondary N) is 1. The summed E-state index contributed by atoms with van der Waals surface area (Å²) in [5.74, 6) is -0.292. The molecule has 0 saturated heterocycles. The van der Waals surface area contributed by atoms with E-state index in [9.17, 15) is 14.4 Å². The summed E-state index contributed by atoms with van der Waals surface area (Å²) in [6, 6.07) is 0. The Bertz CT molecular complexity index is 1160. The number of nitrogens with zero attached hydrogens (tertiary/aromatic N) is 4. The van der Waals surface area contributed by atoms with Crippen LogP contribution in [0, 0.1) is 6.92 Å². The lowest BCUT2D eigenvalue weighted by atomic mass is 10.2. The number of amides is 1. The van der Waals surface area contributed by atoms with Crippen LogP contribution in [0.15, 0.2) is 4.79 Å². The zero-order valence-electron chi connectivity index (χ0n) is 16.0. The Hall–Kier alpha value is -2.66. The molecule has 1 amide bonds. The van der Waals surface area contributed by atoms with Crippen LogP contribution in [0.2, 0.25) is 0 Å². The van der Waals surface area contributed by atoms with Crippen molar-refractivity contribution in [1.29, 1.82) is 0 Å². The number of hydrogen-bond donors (Lipinski definition) is 1. The van der Waals surface area contributed by atoms with Gasteiger partial charge in [0.2, 0.25) is 5.69 Å². The van der Waals surface area contributed by atoms with E-state index < -0.39 is 11.9 Å². The fourth-order valence-corrected chi connectivity index (χ4v) is 5.03. The number of aromatic nitrogens is 4. The van der Waals surface area contributed by atoms with Crippen LogP contribution in [-0.2, 0) is 17.7 Å². The first-order chi connectivity index (χ1) is 14.0. The molecule has 9 nitrogen and oxygen atoms in total. The third kappa shape index (κ3) is 3.55. The highest BCUT2D eigenvalue weighted by Gasteiger charge is 2.25. The summed E-state index contributed by atoms with van der Waals surface area (Å²) in [5.41, 5.74) is 0.468. The molecule has 1 aliphatic heterocycles. The van der Waals surface area contributed by atoms with E-state index in [2.05, 4.69) is 19.9 Å². The van der Waals surface area contributed by atoms with E-state index in [0.717, 1.165) is 43.0 Å². The van der Waals surface area contributed by atoms with Gasteiger partial charge in [-0.3, -0.25) is 14.2 Å². The van der Waals surface area contributed by atoms with Crippen molar-refractivity contribution in [1.82, 2.24) is 19.1 Å². The van der Waals surface area contributed by atoms with Gasteiger partial charge >= 0.3 is 5.97 Å². The maximum atomic E-state index is 13.0. The van der Waals surface area contributed by atoms with Crippen molar-refractivity contribution in [2.45, 2.75) is 46.1 Å². The number of thiophene rings is 1. The second kappa shape index (κ2) is 7.99. The van der Waals surface area contributed by atoms with E-state index in [1.807, 2.05) is 0 Å². The number of esters is 1. The average Bonchev–Trinajstić information content (AvgIpc) is 3.19. The van der Waals surface area contributed by atoms with E-state index >= 15 is 0 Å². The van der Waals surface area contributed by atoms with E-state index in [0.29, 0.717) is 27.2 Å². The molecule has 0 unspecified atom stereocenters. The molecule has 3 aromatic rings. The Morgan fingerprint density at radius 2 is 2.10 bits per heavy atom. The van der Waals surface area contributed by atoms with Gasteiger partial charge in [-0.1, -0.05) is 10.9 Å². The van der Waals surface area contributed by atoms with Crippen LogP contribution in [0.1, 0.15) is 57.7 Å². The molecule has 0 saturated carbocycles. The molecule has 0 bridgehead atoms. The zero-order chi connectivity index (χ0) is 20.5. The lowest BCUT2D eigenvalue weighted by molar-refractivity contribution is 0.0520. The summed E-state index contributed by atoms with van der Waals surface area (Å²) in [6.45, 7) is 4.28. The number of aryl methyl sites for hydroxylation is 2. The average molecular weight is 434 g/mol. The quantitative estimate of drug-likeness (QED) is 0.629. The molecule has 4 heterocycles. The lowest BCUT2D eigenvalue weighted by Gasteiger charge is -2.08. The second-order valence-electron chi connectivity index (χ2n) is 6.66. The Balaban J connectivity index is 1.70. The molecule has 11 heteroatoms. The molecule has 1 aliphatic rings. The summed E-state index contributed by atoms with van der Waals surface area (Å²) in [4.78, 5) is 43.5. The van der Waals surface area contributed by atoms with Gasteiger partial charge in [0.15, 0.2) is 5.00 Å². The van der Waals surface area contributed by atoms with Gasteiger partial charge in [-0.2, -0.15) is 0 Å². The number of fused-ring (bicyclic) bond motifs is 2. The first-order valence-electron chi connectivity index (χ1n) is 9.35. The summed E-state index contributed by atoms with van der Waals surface area (Å²) in [6.07, 6.45) is 3.80. The molecule has 0 spiro atoms. The van der Waals surface area contributed by atoms with Crippen molar-refractivity contribution >= 4 is 50.0 Å². The van der Waals surface area contributed by atoms with Gasteiger partial charge in [0.05, 0.1) is 16.9 Å². The Labute approximate surface area is 173 Å². The van der Waals surface area contributed by atoms with Gasteiger partial charge in [0.1, 0.15) is 10.7 Å². The molecule has 3 aromatic heterocycles. The number of anilines is 1. The van der Waals surface area contributed by atoms with Gasteiger partial charge in [0.25, 0.3) is 11.5 Å². The maximum absolute atomic E-state index is 13.0. The molecule has 1 N–H and O–H groups in total. The molecule has 0 radical (unpaired) electrons. The molecule has 0 aromatic carbocycles. The van der Waals surface area contributed by atoms with Crippen molar-refractivity contribution in [2.24, 2.45) is 0 Å². The third-order valence-corrected chi connectivity index (χ3v) is 6.63. The van der Waals surface area contributed by atoms with Crippen molar-refractivity contribution in [3.63, 3.8) is 0 Å². The van der Waals surface area contributed by atoms with Crippen LogP contribution in [0.25, 0.3) is 10.2 Å². The summed E-state index contributed by atoms with van der Waals surface area (Å²) in [5, 5.41) is 7.11. The van der Waals surface area contributed by atoms with Crippen molar-refractivity contribution in [2.75, 3.05) is 11.9 Å². The predicted molar refractivity (Wildman–Crippen MR) is 110 cm³/mol. The number of carbonyl (C=O) groups excluding carboxylic acids is 2. The van der Waals surface area contributed by atoms with E-state index in [4.69, 9.17) is 4.74 Å². The Morgan fingerprint density at radius 3 is 2.90 bits per heavy atom. The van der Waals surface area contributed by atoms with Crippen molar-refractivity contribution < 1.29 is 14.3 Å². The topological polar surface area (TPSA) is 116 Å². The highest BCUT2D eigenvalue weighted by molar-refractivity contribution is 7.20.